The van der Waals surface area contributed by atoms with Crippen LogP contribution in [-0.4, -0.2) is 57.8 Å². The lowest BCUT2D eigenvalue weighted by Gasteiger charge is -2.34. The summed E-state index contributed by atoms with van der Waals surface area (Å²) in [6, 6.07) is 9.67. The first-order valence-electron chi connectivity index (χ1n) is 14.1. The third kappa shape index (κ3) is 7.11. The van der Waals surface area contributed by atoms with Gasteiger partial charge in [0.1, 0.15) is 12.2 Å². The van der Waals surface area contributed by atoms with Crippen molar-refractivity contribution in [2.45, 2.75) is 65.0 Å². The second-order valence-electron chi connectivity index (χ2n) is 11.6. The first-order chi connectivity index (χ1) is 19.9. The molecule has 224 valence electrons. The minimum atomic E-state index is -2.17. The fraction of sp³-hybridized carbons (Fsp3) is 0.438. The predicted molar refractivity (Wildman–Crippen MR) is 157 cm³/mol. The molecule has 1 aliphatic heterocycles. The number of likely N-dealkylation sites (tertiary alicyclic amines) is 1. The number of aliphatic hydroxyl groups is 1. The highest BCUT2D eigenvalue weighted by molar-refractivity contribution is 5.82. The lowest BCUT2D eigenvalue weighted by atomic mass is 9.92. The van der Waals surface area contributed by atoms with Crippen molar-refractivity contribution in [2.75, 3.05) is 20.2 Å². The van der Waals surface area contributed by atoms with Crippen LogP contribution in [0.3, 0.4) is 0 Å². The Morgan fingerprint density at radius 3 is 2.48 bits per heavy atom. The maximum atomic E-state index is 13.9. The molecule has 4 rings (SSSR count). The Balaban J connectivity index is 1.71. The summed E-state index contributed by atoms with van der Waals surface area (Å²) in [5, 5.41) is 14.6. The van der Waals surface area contributed by atoms with Crippen LogP contribution in [0.25, 0.3) is 11.1 Å². The number of amides is 1. The van der Waals surface area contributed by atoms with Gasteiger partial charge in [-0.1, -0.05) is 38.1 Å². The van der Waals surface area contributed by atoms with Gasteiger partial charge < -0.3 is 19.7 Å². The molecule has 2 N–H and O–H groups in total. The van der Waals surface area contributed by atoms with E-state index in [1.54, 1.807) is 24.5 Å². The van der Waals surface area contributed by atoms with Crippen molar-refractivity contribution in [1.29, 1.82) is 0 Å². The molecule has 1 aromatic carbocycles. The van der Waals surface area contributed by atoms with Crippen molar-refractivity contribution in [3.63, 3.8) is 0 Å². The first kappa shape index (κ1) is 31.1. The van der Waals surface area contributed by atoms with Gasteiger partial charge in [0.25, 0.3) is 5.56 Å². The molecule has 2 atom stereocenters. The monoisotopic (exact) mass is 578 g/mol. The van der Waals surface area contributed by atoms with Crippen molar-refractivity contribution < 1.29 is 23.8 Å². The van der Waals surface area contributed by atoms with Crippen LogP contribution in [0.4, 0.5) is 4.39 Å². The average Bonchev–Trinajstić information content (AvgIpc) is 2.91. The quantitative estimate of drug-likeness (QED) is 0.263. The minimum Gasteiger partial charge on any atom is -0.469 e. The molecule has 1 fully saturated rings. The van der Waals surface area contributed by atoms with E-state index in [1.165, 1.54) is 23.9 Å². The summed E-state index contributed by atoms with van der Waals surface area (Å²) in [6.45, 7) is 8.88. The zero-order chi connectivity index (χ0) is 30.6. The number of carbonyl (C=O) groups excluding carboxylic acids is 2. The fourth-order valence-corrected chi connectivity index (χ4v) is 5.43. The molecule has 1 saturated heterocycles. The number of nitrogens with one attached hydrogen (secondary N) is 1. The van der Waals surface area contributed by atoms with Crippen LogP contribution in [0.5, 0.6) is 0 Å². The zero-order valence-corrected chi connectivity index (χ0v) is 24.8. The molecule has 1 unspecified atom stereocenters. The van der Waals surface area contributed by atoms with Gasteiger partial charge in [-0.2, -0.15) is 0 Å². The van der Waals surface area contributed by atoms with Crippen LogP contribution in [0.1, 0.15) is 55.0 Å². The number of methoxy groups -OCH3 is 1. The van der Waals surface area contributed by atoms with E-state index >= 15 is 0 Å². The average molecular weight is 579 g/mol. The van der Waals surface area contributed by atoms with E-state index in [4.69, 9.17) is 4.74 Å². The Morgan fingerprint density at radius 2 is 1.86 bits per heavy atom. The molecule has 2 aromatic heterocycles. The third-order valence-electron chi connectivity index (χ3n) is 7.59. The largest absolute Gasteiger partial charge is 0.469 e. The number of benzene rings is 1. The fourth-order valence-electron chi connectivity index (χ4n) is 5.43. The zero-order valence-electron chi connectivity index (χ0n) is 24.8. The number of esters is 1. The summed E-state index contributed by atoms with van der Waals surface area (Å²) in [7, 11) is 1.20. The Labute approximate surface area is 245 Å². The van der Waals surface area contributed by atoms with Gasteiger partial charge in [-0.15, -0.1) is 0 Å². The standard InChI is InChI=1S/C32H39FN4O5/c1-20(2)11-27(37-17-23(9-10-28(37)38)16-36-18-26(33)19-36)31(40)35-32(41,13-29(39)42-5)25-12-24(14-34-15-25)30-21(3)7-6-8-22(30)4/h6-10,12,14-15,17,20,26-27,41H,11,13,16,18-19H2,1-5H3,(H,35,40)/t27?,32-/m0/s1. The van der Waals surface area contributed by atoms with Gasteiger partial charge in [0, 0.05) is 55.4 Å². The molecular formula is C32H39FN4O5. The molecule has 3 heterocycles. The Morgan fingerprint density at radius 1 is 1.17 bits per heavy atom. The lowest BCUT2D eigenvalue weighted by molar-refractivity contribution is -0.151. The van der Waals surface area contributed by atoms with E-state index in [1.807, 2.05) is 50.8 Å². The van der Waals surface area contributed by atoms with Crippen LogP contribution in [-0.2, 0) is 26.6 Å². The molecule has 0 bridgehead atoms. The molecule has 1 aliphatic rings. The highest BCUT2D eigenvalue weighted by Crippen LogP contribution is 2.31. The Bertz CT molecular complexity index is 1480. The van der Waals surface area contributed by atoms with Crippen LogP contribution in [0.15, 0.2) is 59.8 Å². The van der Waals surface area contributed by atoms with Crippen LogP contribution in [0, 0.1) is 19.8 Å². The Hall–Kier alpha value is -3.89. The Kier molecular flexibility index (Phi) is 9.58. The second-order valence-corrected chi connectivity index (χ2v) is 11.6. The highest BCUT2D eigenvalue weighted by Gasteiger charge is 2.38. The number of nitrogens with zero attached hydrogens (tertiary/aromatic N) is 3. The molecule has 10 heteroatoms. The number of carbonyl (C=O) groups is 2. The normalized spacial score (nSPS) is 16.0. The smallest absolute Gasteiger partial charge is 0.310 e. The number of halogens is 1. The summed E-state index contributed by atoms with van der Waals surface area (Å²) >= 11 is 0. The highest BCUT2D eigenvalue weighted by atomic mass is 19.1. The number of hydrogen-bond acceptors (Lipinski definition) is 7. The van der Waals surface area contributed by atoms with Crippen LogP contribution in [0.2, 0.25) is 0 Å². The molecule has 0 radical (unpaired) electrons. The number of ether oxygens (including phenoxy) is 1. The summed E-state index contributed by atoms with van der Waals surface area (Å²) in [4.78, 5) is 45.7. The van der Waals surface area contributed by atoms with Gasteiger partial charge in [0.15, 0.2) is 5.72 Å². The molecule has 0 spiro atoms. The van der Waals surface area contributed by atoms with Gasteiger partial charge in [0.2, 0.25) is 5.91 Å². The predicted octanol–water partition coefficient (Wildman–Crippen LogP) is 3.79. The van der Waals surface area contributed by atoms with E-state index < -0.39 is 36.2 Å². The van der Waals surface area contributed by atoms with Gasteiger partial charge in [0.05, 0.1) is 13.5 Å². The summed E-state index contributed by atoms with van der Waals surface area (Å²) in [5.74, 6) is -1.36. The SMILES string of the molecule is COC(=O)C[C@@](O)(NC(=O)C(CC(C)C)n1cc(CN2CC(F)C2)ccc1=O)c1cncc(-c2c(C)cccc2C)c1. The maximum Gasteiger partial charge on any atom is 0.310 e. The number of aromatic nitrogens is 2. The number of rotatable bonds is 11. The number of hydrogen-bond donors (Lipinski definition) is 2. The number of pyridine rings is 2. The second kappa shape index (κ2) is 13.0. The van der Waals surface area contributed by atoms with E-state index in [2.05, 4.69) is 10.3 Å². The van der Waals surface area contributed by atoms with E-state index in [0.717, 1.165) is 22.3 Å². The topological polar surface area (TPSA) is 114 Å². The summed E-state index contributed by atoms with van der Waals surface area (Å²) in [5.41, 5.74) is 2.06. The van der Waals surface area contributed by atoms with Gasteiger partial charge in [-0.05, 0) is 54.5 Å². The van der Waals surface area contributed by atoms with Crippen molar-refractivity contribution >= 4 is 11.9 Å². The molecule has 3 aromatic rings. The van der Waals surface area contributed by atoms with Crippen LogP contribution < -0.4 is 10.9 Å². The summed E-state index contributed by atoms with van der Waals surface area (Å²) < 4.78 is 19.6. The number of aryl methyl sites for hydroxylation is 2. The molecule has 9 nitrogen and oxygen atoms in total. The van der Waals surface area contributed by atoms with Crippen molar-refractivity contribution in [3.05, 3.63) is 87.6 Å². The minimum absolute atomic E-state index is 0.0155. The molecule has 0 saturated carbocycles. The molecule has 42 heavy (non-hydrogen) atoms. The van der Waals surface area contributed by atoms with Crippen molar-refractivity contribution in [3.8, 4) is 11.1 Å². The van der Waals surface area contributed by atoms with Crippen molar-refractivity contribution in [2.24, 2.45) is 5.92 Å². The maximum absolute atomic E-state index is 13.9. The van der Waals surface area contributed by atoms with Gasteiger partial charge in [-0.25, -0.2) is 4.39 Å². The lowest BCUT2D eigenvalue weighted by Crippen LogP contribution is -2.51. The molecular weight excluding hydrogens is 539 g/mol. The van der Waals surface area contributed by atoms with Crippen LogP contribution >= 0.6 is 0 Å². The van der Waals surface area contributed by atoms with Gasteiger partial charge >= 0.3 is 5.97 Å². The molecule has 0 aliphatic carbocycles. The van der Waals surface area contributed by atoms with E-state index in [9.17, 15) is 23.9 Å². The van der Waals surface area contributed by atoms with E-state index in [0.29, 0.717) is 31.6 Å². The van der Waals surface area contributed by atoms with E-state index in [-0.39, 0.29) is 17.0 Å². The van der Waals surface area contributed by atoms with Crippen molar-refractivity contribution in [1.82, 2.24) is 19.8 Å². The first-order valence-corrected chi connectivity index (χ1v) is 14.1. The third-order valence-corrected chi connectivity index (χ3v) is 7.59. The number of alkyl halides is 1. The molecule has 1 amide bonds. The summed E-state index contributed by atoms with van der Waals surface area (Å²) in [6.07, 6.45) is 3.54. The van der Waals surface area contributed by atoms with Gasteiger partial charge in [-0.3, -0.25) is 24.3 Å².